The molecule has 0 saturated heterocycles. The molecule has 0 aliphatic rings. The van der Waals surface area contributed by atoms with Gasteiger partial charge in [-0.3, -0.25) is 0 Å². The highest BCUT2D eigenvalue weighted by Gasteiger charge is 2.06. The number of aryl methyl sites for hydroxylation is 1. The van der Waals surface area contributed by atoms with Gasteiger partial charge in [0.25, 0.3) is 0 Å². The number of hydrogen-bond acceptors (Lipinski definition) is 2. The van der Waals surface area contributed by atoms with Gasteiger partial charge in [-0.2, -0.15) is 0 Å². The van der Waals surface area contributed by atoms with Gasteiger partial charge in [-0.15, -0.1) is 0 Å². The molecule has 0 heterocycles. The first kappa shape index (κ1) is 10.9. The number of hydrogen-bond donors (Lipinski definition) is 1. The molecule has 0 aromatic heterocycles. The lowest BCUT2D eigenvalue weighted by molar-refractivity contribution is 0.638. The third kappa shape index (κ3) is 2.66. The summed E-state index contributed by atoms with van der Waals surface area (Å²) in [4.78, 5) is 2.26. The van der Waals surface area contributed by atoms with Gasteiger partial charge in [-0.05, 0) is 30.5 Å². The predicted molar refractivity (Wildman–Crippen MR) is 63.7 cm³/mol. The first-order valence-corrected chi connectivity index (χ1v) is 5.08. The van der Waals surface area contributed by atoms with Crippen LogP contribution < -0.4 is 10.6 Å². The van der Waals surface area contributed by atoms with Gasteiger partial charge in [0.2, 0.25) is 0 Å². The molecule has 0 radical (unpaired) electrons. The molecule has 14 heavy (non-hydrogen) atoms. The molecule has 2 nitrogen and oxygen atoms in total. The molecule has 1 aromatic carbocycles. The largest absolute Gasteiger partial charge is 0.399 e. The van der Waals surface area contributed by atoms with Crippen LogP contribution >= 0.6 is 0 Å². The monoisotopic (exact) mass is 192 g/mol. The van der Waals surface area contributed by atoms with Crippen molar-refractivity contribution < 1.29 is 0 Å². The van der Waals surface area contributed by atoms with Crippen molar-refractivity contribution in [3.63, 3.8) is 0 Å². The summed E-state index contributed by atoms with van der Waals surface area (Å²) in [6, 6.07) is 6.06. The summed E-state index contributed by atoms with van der Waals surface area (Å²) in [7, 11) is 2.11. The molecule has 2 heteroatoms. The smallest absolute Gasteiger partial charge is 0.0414 e. The van der Waals surface area contributed by atoms with Gasteiger partial charge < -0.3 is 10.6 Å². The lowest BCUT2D eigenvalue weighted by Crippen LogP contribution is -2.23. The maximum absolute atomic E-state index is 5.77. The maximum atomic E-state index is 5.77. The molecule has 0 unspecified atom stereocenters. The minimum Gasteiger partial charge on any atom is -0.399 e. The summed E-state index contributed by atoms with van der Waals surface area (Å²) in [5.74, 6) is 0.667. The zero-order valence-electron chi connectivity index (χ0n) is 9.54. The fourth-order valence-electron chi connectivity index (χ4n) is 1.68. The van der Waals surface area contributed by atoms with E-state index in [2.05, 4.69) is 38.8 Å². The maximum Gasteiger partial charge on any atom is 0.0414 e. The van der Waals surface area contributed by atoms with Crippen LogP contribution in [0.1, 0.15) is 19.4 Å². The van der Waals surface area contributed by atoms with Crippen molar-refractivity contribution in [2.45, 2.75) is 20.8 Å². The number of nitrogens with two attached hydrogens (primary N) is 1. The third-order valence-electron chi connectivity index (χ3n) is 2.28. The highest BCUT2D eigenvalue weighted by molar-refractivity contribution is 5.60. The fourth-order valence-corrected chi connectivity index (χ4v) is 1.68. The van der Waals surface area contributed by atoms with Crippen molar-refractivity contribution in [3.8, 4) is 0 Å². The first-order chi connectivity index (χ1) is 6.50. The highest BCUT2D eigenvalue weighted by Crippen LogP contribution is 2.22. The molecule has 0 amide bonds. The standard InChI is InChI=1S/C12H20N2/c1-9(2)8-14(4)12-7-11(13)6-5-10(12)3/h5-7,9H,8,13H2,1-4H3. The van der Waals surface area contributed by atoms with Crippen molar-refractivity contribution in [3.05, 3.63) is 23.8 Å². The average molecular weight is 192 g/mol. The van der Waals surface area contributed by atoms with Crippen LogP contribution in [0.2, 0.25) is 0 Å². The zero-order valence-corrected chi connectivity index (χ0v) is 9.54. The van der Waals surface area contributed by atoms with Crippen molar-refractivity contribution in [1.29, 1.82) is 0 Å². The van der Waals surface area contributed by atoms with Crippen LogP contribution in [0.5, 0.6) is 0 Å². The molecular formula is C12H20N2. The Morgan fingerprint density at radius 3 is 2.57 bits per heavy atom. The van der Waals surface area contributed by atoms with E-state index in [0.29, 0.717) is 5.92 Å². The molecule has 0 atom stereocenters. The number of rotatable bonds is 3. The zero-order chi connectivity index (χ0) is 10.7. The summed E-state index contributed by atoms with van der Waals surface area (Å²) in [5.41, 5.74) is 9.12. The van der Waals surface area contributed by atoms with Gasteiger partial charge in [0.15, 0.2) is 0 Å². The predicted octanol–water partition coefficient (Wildman–Crippen LogP) is 2.67. The Labute approximate surface area is 86.7 Å². The lowest BCUT2D eigenvalue weighted by atomic mass is 10.1. The number of anilines is 2. The summed E-state index contributed by atoms with van der Waals surface area (Å²) >= 11 is 0. The van der Waals surface area contributed by atoms with Crippen molar-refractivity contribution in [2.75, 3.05) is 24.2 Å². The van der Waals surface area contributed by atoms with Crippen molar-refractivity contribution >= 4 is 11.4 Å². The summed E-state index contributed by atoms with van der Waals surface area (Å²) < 4.78 is 0. The summed E-state index contributed by atoms with van der Waals surface area (Å²) in [6.45, 7) is 7.62. The Morgan fingerprint density at radius 1 is 1.36 bits per heavy atom. The molecule has 0 spiro atoms. The van der Waals surface area contributed by atoms with Crippen molar-refractivity contribution in [2.24, 2.45) is 5.92 Å². The van der Waals surface area contributed by atoms with Gasteiger partial charge >= 0.3 is 0 Å². The van der Waals surface area contributed by atoms with E-state index in [0.717, 1.165) is 12.2 Å². The molecular weight excluding hydrogens is 172 g/mol. The minimum absolute atomic E-state index is 0.667. The van der Waals surface area contributed by atoms with Gasteiger partial charge in [-0.1, -0.05) is 19.9 Å². The number of benzene rings is 1. The molecule has 1 rings (SSSR count). The van der Waals surface area contributed by atoms with E-state index in [9.17, 15) is 0 Å². The third-order valence-corrected chi connectivity index (χ3v) is 2.28. The second kappa shape index (κ2) is 4.36. The van der Waals surface area contributed by atoms with E-state index in [4.69, 9.17) is 5.73 Å². The van der Waals surface area contributed by atoms with Crippen LogP contribution in [0.4, 0.5) is 11.4 Å². The number of nitrogen functional groups attached to an aromatic ring is 1. The lowest BCUT2D eigenvalue weighted by Gasteiger charge is -2.23. The Hall–Kier alpha value is -1.18. The minimum atomic E-state index is 0.667. The SMILES string of the molecule is Cc1ccc(N)cc1N(C)CC(C)C. The van der Waals surface area contributed by atoms with Crippen LogP contribution in [0, 0.1) is 12.8 Å². The highest BCUT2D eigenvalue weighted by atomic mass is 15.1. The van der Waals surface area contributed by atoms with E-state index < -0.39 is 0 Å². The van der Waals surface area contributed by atoms with Gasteiger partial charge in [0.05, 0.1) is 0 Å². The molecule has 0 saturated carbocycles. The van der Waals surface area contributed by atoms with E-state index in [1.165, 1.54) is 11.3 Å². The van der Waals surface area contributed by atoms with Gasteiger partial charge in [-0.25, -0.2) is 0 Å². The Morgan fingerprint density at radius 2 is 2.00 bits per heavy atom. The van der Waals surface area contributed by atoms with Crippen LogP contribution in [0.25, 0.3) is 0 Å². The molecule has 0 fully saturated rings. The normalized spacial score (nSPS) is 10.6. The second-order valence-corrected chi connectivity index (χ2v) is 4.32. The quantitative estimate of drug-likeness (QED) is 0.746. The van der Waals surface area contributed by atoms with Crippen LogP contribution in [0.15, 0.2) is 18.2 Å². The topological polar surface area (TPSA) is 29.3 Å². The van der Waals surface area contributed by atoms with E-state index >= 15 is 0 Å². The molecule has 0 aliphatic heterocycles. The van der Waals surface area contributed by atoms with E-state index in [-0.39, 0.29) is 0 Å². The van der Waals surface area contributed by atoms with Crippen LogP contribution in [-0.2, 0) is 0 Å². The molecule has 0 aliphatic carbocycles. The Kier molecular flexibility index (Phi) is 3.39. The van der Waals surface area contributed by atoms with Gasteiger partial charge in [0, 0.05) is 25.0 Å². The van der Waals surface area contributed by atoms with E-state index in [1.54, 1.807) is 0 Å². The Balaban J connectivity index is 2.88. The molecule has 78 valence electrons. The molecule has 1 aromatic rings. The Bertz CT molecular complexity index is 305. The first-order valence-electron chi connectivity index (χ1n) is 5.08. The molecule has 2 N–H and O–H groups in total. The van der Waals surface area contributed by atoms with Crippen molar-refractivity contribution in [1.82, 2.24) is 0 Å². The average Bonchev–Trinajstić information content (AvgIpc) is 2.08. The molecule has 0 bridgehead atoms. The number of nitrogens with zero attached hydrogens (tertiary/aromatic N) is 1. The van der Waals surface area contributed by atoms with E-state index in [1.807, 2.05) is 12.1 Å². The summed E-state index contributed by atoms with van der Waals surface area (Å²) in [5, 5.41) is 0. The van der Waals surface area contributed by atoms with Crippen LogP contribution in [-0.4, -0.2) is 13.6 Å². The van der Waals surface area contributed by atoms with Crippen LogP contribution in [0.3, 0.4) is 0 Å². The fraction of sp³-hybridized carbons (Fsp3) is 0.500. The summed E-state index contributed by atoms with van der Waals surface area (Å²) in [6.07, 6.45) is 0. The second-order valence-electron chi connectivity index (χ2n) is 4.32. The van der Waals surface area contributed by atoms with Gasteiger partial charge in [0.1, 0.15) is 0 Å².